The molecule has 3 unspecified atom stereocenters. The molecule has 0 aromatic heterocycles. The van der Waals surface area contributed by atoms with E-state index in [9.17, 15) is 13.2 Å². The zero-order valence-corrected chi connectivity index (χ0v) is 12.0. The van der Waals surface area contributed by atoms with E-state index in [0.717, 1.165) is 31.2 Å². The second kappa shape index (κ2) is 6.17. The van der Waals surface area contributed by atoms with Gasteiger partial charge in [-0.2, -0.15) is 13.2 Å². The van der Waals surface area contributed by atoms with E-state index >= 15 is 0 Å². The lowest BCUT2D eigenvalue weighted by Crippen LogP contribution is -2.38. The average Bonchev–Trinajstić information content (AvgIpc) is 2.37. The van der Waals surface area contributed by atoms with Crippen molar-refractivity contribution < 1.29 is 13.2 Å². The highest BCUT2D eigenvalue weighted by atomic mass is 19.4. The number of hydrogen-bond donors (Lipinski definition) is 1. The first kappa shape index (κ1) is 15.4. The van der Waals surface area contributed by atoms with E-state index in [2.05, 4.69) is 19.2 Å². The fourth-order valence-electron chi connectivity index (χ4n) is 3.16. The second-order valence-electron chi connectivity index (χ2n) is 6.04. The lowest BCUT2D eigenvalue weighted by Gasteiger charge is -2.33. The van der Waals surface area contributed by atoms with Gasteiger partial charge in [-0.15, -0.1) is 0 Å². The molecule has 1 aromatic rings. The SMILES string of the molecule is CC1CCC(NCc2ccccc2C(F)(F)F)C(C)C1. The molecule has 0 spiro atoms. The van der Waals surface area contributed by atoms with E-state index in [4.69, 9.17) is 0 Å². The molecular weight excluding hydrogens is 263 g/mol. The maximum absolute atomic E-state index is 12.9. The maximum atomic E-state index is 12.9. The van der Waals surface area contributed by atoms with Gasteiger partial charge in [0.25, 0.3) is 0 Å². The van der Waals surface area contributed by atoms with Crippen LogP contribution in [-0.2, 0) is 12.7 Å². The number of benzene rings is 1. The predicted molar refractivity (Wildman–Crippen MR) is 74.3 cm³/mol. The molecule has 0 aliphatic heterocycles. The van der Waals surface area contributed by atoms with Crippen LogP contribution < -0.4 is 5.32 Å². The summed E-state index contributed by atoms with van der Waals surface area (Å²) in [6.45, 7) is 4.72. The Morgan fingerprint density at radius 1 is 1.15 bits per heavy atom. The minimum atomic E-state index is -4.27. The van der Waals surface area contributed by atoms with Crippen LogP contribution in [0.2, 0.25) is 0 Å². The van der Waals surface area contributed by atoms with Crippen molar-refractivity contribution in [1.29, 1.82) is 0 Å². The van der Waals surface area contributed by atoms with Crippen molar-refractivity contribution in [2.24, 2.45) is 11.8 Å². The van der Waals surface area contributed by atoms with Crippen molar-refractivity contribution in [3.63, 3.8) is 0 Å². The van der Waals surface area contributed by atoms with Gasteiger partial charge in [0.2, 0.25) is 0 Å². The molecule has 1 aliphatic rings. The summed E-state index contributed by atoms with van der Waals surface area (Å²) in [7, 11) is 0. The molecule has 1 nitrogen and oxygen atoms in total. The molecule has 0 heterocycles. The van der Waals surface area contributed by atoms with Crippen LogP contribution in [-0.4, -0.2) is 6.04 Å². The normalized spacial score (nSPS) is 27.6. The standard InChI is InChI=1S/C16H22F3N/c1-11-7-8-15(12(2)9-11)20-10-13-5-3-4-6-14(13)16(17,18)19/h3-6,11-12,15,20H,7-10H2,1-2H3. The van der Waals surface area contributed by atoms with Crippen LogP contribution in [0.3, 0.4) is 0 Å². The Bertz CT molecular complexity index is 442. The topological polar surface area (TPSA) is 12.0 Å². The quantitative estimate of drug-likeness (QED) is 0.854. The molecule has 4 heteroatoms. The van der Waals surface area contributed by atoms with Gasteiger partial charge in [-0.25, -0.2) is 0 Å². The van der Waals surface area contributed by atoms with Crippen LogP contribution in [0.4, 0.5) is 13.2 Å². The number of rotatable bonds is 3. The molecule has 1 N–H and O–H groups in total. The summed E-state index contributed by atoms with van der Waals surface area (Å²) in [4.78, 5) is 0. The summed E-state index contributed by atoms with van der Waals surface area (Å²) in [5.74, 6) is 1.25. The number of halogens is 3. The first-order chi connectivity index (χ1) is 9.38. The van der Waals surface area contributed by atoms with E-state index in [1.165, 1.54) is 6.07 Å². The molecule has 2 rings (SSSR count). The molecule has 0 amide bonds. The van der Waals surface area contributed by atoms with E-state index in [-0.39, 0.29) is 0 Å². The Morgan fingerprint density at radius 2 is 1.85 bits per heavy atom. The molecule has 0 radical (unpaired) electrons. The number of hydrogen-bond acceptors (Lipinski definition) is 1. The van der Waals surface area contributed by atoms with Gasteiger partial charge in [-0.05, 0) is 42.7 Å². The van der Waals surface area contributed by atoms with Crippen molar-refractivity contribution in [1.82, 2.24) is 5.32 Å². The third kappa shape index (κ3) is 3.75. The lowest BCUT2D eigenvalue weighted by molar-refractivity contribution is -0.138. The van der Waals surface area contributed by atoms with Gasteiger partial charge in [0.1, 0.15) is 0 Å². The minimum Gasteiger partial charge on any atom is -0.310 e. The summed E-state index contributed by atoms with van der Waals surface area (Å²) in [5.41, 5.74) is -0.185. The summed E-state index contributed by atoms with van der Waals surface area (Å²) >= 11 is 0. The average molecular weight is 285 g/mol. The van der Waals surface area contributed by atoms with Crippen molar-refractivity contribution in [3.8, 4) is 0 Å². The zero-order chi connectivity index (χ0) is 14.8. The maximum Gasteiger partial charge on any atom is 0.416 e. The van der Waals surface area contributed by atoms with Gasteiger partial charge in [0.05, 0.1) is 5.56 Å². The van der Waals surface area contributed by atoms with Crippen molar-refractivity contribution in [2.75, 3.05) is 0 Å². The fraction of sp³-hybridized carbons (Fsp3) is 0.625. The van der Waals surface area contributed by atoms with Crippen molar-refractivity contribution in [3.05, 3.63) is 35.4 Å². The molecule has 0 saturated heterocycles. The largest absolute Gasteiger partial charge is 0.416 e. The Hall–Kier alpha value is -1.03. The predicted octanol–water partition coefficient (Wildman–Crippen LogP) is 4.62. The van der Waals surface area contributed by atoms with E-state index in [1.54, 1.807) is 12.1 Å². The van der Waals surface area contributed by atoms with Gasteiger partial charge in [0.15, 0.2) is 0 Å². The van der Waals surface area contributed by atoms with Crippen LogP contribution in [0.15, 0.2) is 24.3 Å². The van der Waals surface area contributed by atoms with Crippen molar-refractivity contribution >= 4 is 0 Å². The molecule has 20 heavy (non-hydrogen) atoms. The van der Waals surface area contributed by atoms with Gasteiger partial charge in [0, 0.05) is 12.6 Å². The smallest absolute Gasteiger partial charge is 0.310 e. The summed E-state index contributed by atoms with van der Waals surface area (Å²) in [6, 6.07) is 6.15. The monoisotopic (exact) mass is 285 g/mol. The first-order valence-electron chi connectivity index (χ1n) is 7.26. The van der Waals surface area contributed by atoms with E-state index in [1.807, 2.05) is 0 Å². The number of alkyl halides is 3. The van der Waals surface area contributed by atoms with Crippen LogP contribution in [0, 0.1) is 11.8 Å². The zero-order valence-electron chi connectivity index (χ0n) is 12.0. The third-order valence-corrected chi connectivity index (χ3v) is 4.31. The van der Waals surface area contributed by atoms with E-state index in [0.29, 0.717) is 24.1 Å². The first-order valence-corrected chi connectivity index (χ1v) is 7.26. The summed E-state index contributed by atoms with van der Waals surface area (Å²) in [6.07, 6.45) is -0.914. The highest BCUT2D eigenvalue weighted by Gasteiger charge is 2.33. The van der Waals surface area contributed by atoms with Crippen LogP contribution >= 0.6 is 0 Å². The van der Waals surface area contributed by atoms with Gasteiger partial charge >= 0.3 is 6.18 Å². The van der Waals surface area contributed by atoms with Crippen LogP contribution in [0.25, 0.3) is 0 Å². The molecule has 3 atom stereocenters. The van der Waals surface area contributed by atoms with Crippen LogP contribution in [0.1, 0.15) is 44.2 Å². The third-order valence-electron chi connectivity index (χ3n) is 4.31. The molecule has 1 aliphatic carbocycles. The summed E-state index contributed by atoms with van der Waals surface area (Å²) in [5, 5.41) is 3.32. The highest BCUT2D eigenvalue weighted by molar-refractivity contribution is 5.29. The van der Waals surface area contributed by atoms with Gasteiger partial charge in [-0.3, -0.25) is 0 Å². The molecule has 112 valence electrons. The Morgan fingerprint density at radius 3 is 2.50 bits per heavy atom. The van der Waals surface area contributed by atoms with Crippen molar-refractivity contribution in [2.45, 2.75) is 51.9 Å². The Kier molecular flexibility index (Phi) is 4.74. The van der Waals surface area contributed by atoms with Gasteiger partial charge < -0.3 is 5.32 Å². The highest BCUT2D eigenvalue weighted by Crippen LogP contribution is 2.33. The lowest BCUT2D eigenvalue weighted by atomic mass is 9.80. The van der Waals surface area contributed by atoms with E-state index < -0.39 is 11.7 Å². The molecule has 0 bridgehead atoms. The van der Waals surface area contributed by atoms with Gasteiger partial charge in [-0.1, -0.05) is 32.0 Å². The molecule has 1 saturated carbocycles. The number of nitrogens with one attached hydrogen (secondary N) is 1. The molecule has 1 aromatic carbocycles. The minimum absolute atomic E-state index is 0.291. The molecular formula is C16H22F3N. The Balaban J connectivity index is 2.01. The second-order valence-corrected chi connectivity index (χ2v) is 6.04. The Labute approximate surface area is 118 Å². The van der Waals surface area contributed by atoms with Crippen LogP contribution in [0.5, 0.6) is 0 Å². The fourth-order valence-corrected chi connectivity index (χ4v) is 3.16. The summed E-state index contributed by atoms with van der Waals surface area (Å²) < 4.78 is 38.7. The molecule has 1 fully saturated rings.